The molecule has 4 heteroatoms. The first-order valence-corrected chi connectivity index (χ1v) is 3.17. The van der Waals surface area contributed by atoms with Crippen LogP contribution in [0.4, 0.5) is 0 Å². The fourth-order valence-corrected chi connectivity index (χ4v) is 0.960. The van der Waals surface area contributed by atoms with Crippen molar-refractivity contribution in [3.63, 3.8) is 0 Å². The Morgan fingerprint density at radius 2 is 1.58 bits per heavy atom. The molecule has 0 saturated carbocycles. The number of H-pyrrole nitrogens is 1. The van der Waals surface area contributed by atoms with E-state index in [2.05, 4.69) is 4.98 Å². The lowest BCUT2D eigenvalue weighted by Crippen LogP contribution is -1.80. The lowest BCUT2D eigenvalue weighted by atomic mass is 10.1. The molecule has 1 aromatic heterocycles. The summed E-state index contributed by atoms with van der Waals surface area (Å²) in [7, 11) is 0. The highest BCUT2D eigenvalue weighted by Gasteiger charge is 2.13. The van der Waals surface area contributed by atoms with E-state index in [9.17, 15) is 0 Å². The van der Waals surface area contributed by atoms with Crippen molar-refractivity contribution in [1.82, 2.24) is 4.98 Å². The number of aromatic nitrogens is 1. The highest BCUT2D eigenvalue weighted by Crippen LogP contribution is 2.15. The van der Waals surface area contributed by atoms with Crippen LogP contribution in [-0.4, -0.2) is 4.98 Å². The van der Waals surface area contributed by atoms with E-state index in [0.717, 1.165) is 0 Å². The van der Waals surface area contributed by atoms with Crippen LogP contribution in [0.2, 0.25) is 0 Å². The predicted molar refractivity (Wildman–Crippen MR) is 39.7 cm³/mol. The van der Waals surface area contributed by atoms with Gasteiger partial charge in [-0.05, 0) is 6.92 Å². The van der Waals surface area contributed by atoms with Crippen LogP contribution in [0.3, 0.4) is 0 Å². The van der Waals surface area contributed by atoms with Crippen molar-refractivity contribution in [3.8, 4) is 18.2 Å². The van der Waals surface area contributed by atoms with Gasteiger partial charge < -0.3 is 4.98 Å². The summed E-state index contributed by atoms with van der Waals surface area (Å²) >= 11 is 0. The maximum Gasteiger partial charge on any atom is 0.137 e. The Labute approximate surface area is 69.3 Å². The molecule has 1 aromatic rings. The van der Waals surface area contributed by atoms with Crippen molar-refractivity contribution >= 4 is 0 Å². The molecule has 1 heterocycles. The van der Waals surface area contributed by atoms with Gasteiger partial charge in [-0.1, -0.05) is 0 Å². The van der Waals surface area contributed by atoms with Gasteiger partial charge in [-0.25, -0.2) is 0 Å². The smallest absolute Gasteiger partial charge is 0.137 e. The van der Waals surface area contributed by atoms with E-state index >= 15 is 0 Å². The topological polar surface area (TPSA) is 87.2 Å². The van der Waals surface area contributed by atoms with Crippen LogP contribution in [0.1, 0.15) is 22.5 Å². The Morgan fingerprint density at radius 3 is 2.00 bits per heavy atom. The summed E-state index contributed by atoms with van der Waals surface area (Å²) in [5, 5.41) is 25.8. The number of hydrogen-bond acceptors (Lipinski definition) is 3. The molecule has 4 nitrogen and oxygen atoms in total. The molecule has 0 amide bonds. The Morgan fingerprint density at radius 1 is 1.00 bits per heavy atom. The van der Waals surface area contributed by atoms with Crippen molar-refractivity contribution in [2.45, 2.75) is 6.92 Å². The highest BCUT2D eigenvalue weighted by molar-refractivity contribution is 5.55. The first-order chi connectivity index (χ1) is 5.74. The molecule has 56 valence electrons. The van der Waals surface area contributed by atoms with Gasteiger partial charge in [0.05, 0.1) is 5.56 Å². The van der Waals surface area contributed by atoms with Crippen LogP contribution in [0.25, 0.3) is 0 Å². The minimum atomic E-state index is 0.137. The lowest BCUT2D eigenvalue weighted by molar-refractivity contribution is 1.22. The first-order valence-electron chi connectivity index (χ1n) is 3.17. The molecule has 0 aliphatic heterocycles. The van der Waals surface area contributed by atoms with E-state index < -0.39 is 0 Å². The Balaban J connectivity index is 3.54. The van der Waals surface area contributed by atoms with Crippen LogP contribution >= 0.6 is 0 Å². The second-order valence-electron chi connectivity index (χ2n) is 2.21. The quantitative estimate of drug-likeness (QED) is 0.606. The summed E-state index contributed by atoms with van der Waals surface area (Å²) in [5.41, 5.74) is 1.11. The molecule has 0 fully saturated rings. The maximum absolute atomic E-state index is 8.61. The molecule has 0 aliphatic carbocycles. The first kappa shape index (κ1) is 7.85. The van der Waals surface area contributed by atoms with Crippen molar-refractivity contribution in [2.24, 2.45) is 0 Å². The number of rotatable bonds is 0. The minimum Gasteiger partial charge on any atom is -0.348 e. The van der Waals surface area contributed by atoms with Gasteiger partial charge in [-0.15, -0.1) is 0 Å². The van der Waals surface area contributed by atoms with Crippen molar-refractivity contribution in [3.05, 3.63) is 22.5 Å². The second kappa shape index (κ2) is 2.78. The van der Waals surface area contributed by atoms with Crippen LogP contribution in [0.15, 0.2) is 0 Å². The van der Waals surface area contributed by atoms with Gasteiger partial charge in [0.2, 0.25) is 0 Å². The zero-order valence-electron chi connectivity index (χ0n) is 6.34. The largest absolute Gasteiger partial charge is 0.348 e. The lowest BCUT2D eigenvalue weighted by Gasteiger charge is -1.81. The minimum absolute atomic E-state index is 0.137. The third-order valence-corrected chi connectivity index (χ3v) is 1.52. The SMILES string of the molecule is Cc1[nH]c(C#N)c(C#N)c1C#N. The average Bonchev–Trinajstić information content (AvgIpc) is 2.40. The Hall–Kier alpha value is -2.25. The van der Waals surface area contributed by atoms with Crippen LogP contribution in [-0.2, 0) is 0 Å². The van der Waals surface area contributed by atoms with Gasteiger partial charge >= 0.3 is 0 Å². The molecule has 0 spiro atoms. The van der Waals surface area contributed by atoms with Crippen LogP contribution in [0.5, 0.6) is 0 Å². The molecule has 0 bridgehead atoms. The normalized spacial score (nSPS) is 8.17. The van der Waals surface area contributed by atoms with E-state index in [1.54, 1.807) is 6.92 Å². The Bertz CT molecular complexity index is 433. The summed E-state index contributed by atoms with van der Waals surface area (Å²) < 4.78 is 0. The Kier molecular flexibility index (Phi) is 1.82. The molecule has 0 aromatic carbocycles. The summed E-state index contributed by atoms with van der Waals surface area (Å²) in [6, 6.07) is 5.49. The van der Waals surface area contributed by atoms with Crippen molar-refractivity contribution in [2.75, 3.05) is 0 Å². The monoisotopic (exact) mass is 156 g/mol. The summed E-state index contributed by atoms with van der Waals surface area (Å²) in [4.78, 5) is 2.66. The van der Waals surface area contributed by atoms with Gasteiger partial charge in [-0.3, -0.25) is 0 Å². The van der Waals surface area contributed by atoms with E-state index in [0.29, 0.717) is 5.69 Å². The molecule has 12 heavy (non-hydrogen) atoms. The molecule has 1 rings (SSSR count). The highest BCUT2D eigenvalue weighted by atomic mass is 14.7. The van der Waals surface area contributed by atoms with Crippen molar-refractivity contribution in [1.29, 1.82) is 15.8 Å². The summed E-state index contributed by atoms with van der Waals surface area (Å²) in [5.74, 6) is 0. The molecule has 1 N–H and O–H groups in total. The fraction of sp³-hybridized carbons (Fsp3) is 0.125. The van der Waals surface area contributed by atoms with Crippen LogP contribution < -0.4 is 0 Å². The van der Waals surface area contributed by atoms with Crippen molar-refractivity contribution < 1.29 is 0 Å². The molecule has 0 aliphatic rings. The fourth-order valence-electron chi connectivity index (χ4n) is 0.960. The van der Waals surface area contributed by atoms with E-state index in [1.807, 2.05) is 18.2 Å². The number of aromatic amines is 1. The van der Waals surface area contributed by atoms with Gasteiger partial charge in [0.1, 0.15) is 29.5 Å². The van der Waals surface area contributed by atoms with Gasteiger partial charge in [0.15, 0.2) is 0 Å². The molecular weight excluding hydrogens is 152 g/mol. The van der Waals surface area contributed by atoms with Crippen LogP contribution in [0, 0.1) is 40.9 Å². The second-order valence-corrected chi connectivity index (χ2v) is 2.21. The number of nitrogens with one attached hydrogen (secondary N) is 1. The molecule has 0 radical (unpaired) electrons. The van der Waals surface area contributed by atoms with Gasteiger partial charge in [-0.2, -0.15) is 15.8 Å². The predicted octanol–water partition coefficient (Wildman–Crippen LogP) is 0.938. The maximum atomic E-state index is 8.61. The zero-order chi connectivity index (χ0) is 9.14. The number of hydrogen-bond donors (Lipinski definition) is 1. The van der Waals surface area contributed by atoms with E-state index in [-0.39, 0.29) is 16.8 Å². The standard InChI is InChI=1S/C8H4N4/c1-5-6(2-9)7(3-10)8(4-11)12-5/h12H,1H3. The van der Waals surface area contributed by atoms with Gasteiger partial charge in [0, 0.05) is 5.69 Å². The number of nitrogens with zero attached hydrogens (tertiary/aromatic N) is 3. The number of nitriles is 3. The molecule has 0 saturated heterocycles. The average molecular weight is 156 g/mol. The zero-order valence-corrected chi connectivity index (χ0v) is 6.34. The third-order valence-electron chi connectivity index (χ3n) is 1.52. The third kappa shape index (κ3) is 0.905. The summed E-state index contributed by atoms with van der Waals surface area (Å²) in [6.45, 7) is 1.65. The molecular formula is C8H4N4. The van der Waals surface area contributed by atoms with E-state index in [1.165, 1.54) is 0 Å². The molecule has 0 atom stereocenters. The number of aryl methyl sites for hydroxylation is 1. The van der Waals surface area contributed by atoms with Gasteiger partial charge in [0.25, 0.3) is 0 Å². The summed E-state index contributed by atoms with van der Waals surface area (Å²) in [6.07, 6.45) is 0. The van der Waals surface area contributed by atoms with E-state index in [4.69, 9.17) is 15.8 Å². The molecule has 0 unspecified atom stereocenters.